The van der Waals surface area contributed by atoms with E-state index in [9.17, 15) is 4.79 Å². The standard InChI is InChI=1S/C24H22N2O2/c27-24(28)14-18-10-12-21(13-11-18)25-15-20-17-26(16-19-6-2-1-3-7-19)23-9-5-4-8-22(20)23/h1-13,17,25H,14-16H2,(H,27,28). The van der Waals surface area contributed by atoms with Crippen molar-refractivity contribution in [1.82, 2.24) is 4.57 Å². The summed E-state index contributed by atoms with van der Waals surface area (Å²) in [4.78, 5) is 10.8. The Morgan fingerprint density at radius 1 is 0.857 bits per heavy atom. The van der Waals surface area contributed by atoms with Gasteiger partial charge in [-0.25, -0.2) is 0 Å². The highest BCUT2D eigenvalue weighted by atomic mass is 16.4. The van der Waals surface area contributed by atoms with Crippen molar-refractivity contribution < 1.29 is 9.90 Å². The van der Waals surface area contributed by atoms with E-state index in [1.54, 1.807) is 0 Å². The van der Waals surface area contributed by atoms with Crippen LogP contribution in [0.3, 0.4) is 0 Å². The maximum Gasteiger partial charge on any atom is 0.307 e. The fourth-order valence-corrected chi connectivity index (χ4v) is 3.49. The Balaban J connectivity index is 1.53. The van der Waals surface area contributed by atoms with Gasteiger partial charge in [0.05, 0.1) is 6.42 Å². The first-order valence-corrected chi connectivity index (χ1v) is 9.34. The molecule has 4 nitrogen and oxygen atoms in total. The second kappa shape index (κ2) is 8.01. The molecule has 0 aliphatic carbocycles. The molecule has 0 amide bonds. The van der Waals surface area contributed by atoms with Crippen molar-refractivity contribution in [2.45, 2.75) is 19.5 Å². The van der Waals surface area contributed by atoms with E-state index in [0.29, 0.717) is 6.54 Å². The Bertz CT molecular complexity index is 1080. The van der Waals surface area contributed by atoms with E-state index in [4.69, 9.17) is 5.11 Å². The molecule has 3 aromatic carbocycles. The Hall–Kier alpha value is -3.53. The number of carboxylic acid groups (broad SMARTS) is 1. The highest BCUT2D eigenvalue weighted by Crippen LogP contribution is 2.23. The summed E-state index contributed by atoms with van der Waals surface area (Å²) in [6.45, 7) is 1.55. The molecule has 0 spiro atoms. The van der Waals surface area contributed by atoms with E-state index >= 15 is 0 Å². The number of anilines is 1. The number of carboxylic acids is 1. The summed E-state index contributed by atoms with van der Waals surface area (Å²) in [5, 5.41) is 13.6. The van der Waals surface area contributed by atoms with Gasteiger partial charge < -0.3 is 15.0 Å². The number of nitrogens with one attached hydrogen (secondary N) is 1. The number of fused-ring (bicyclic) bond motifs is 1. The van der Waals surface area contributed by atoms with Gasteiger partial charge in [-0.15, -0.1) is 0 Å². The Kier molecular flexibility index (Phi) is 5.11. The third kappa shape index (κ3) is 4.07. The molecular formula is C24H22N2O2. The Labute approximate surface area is 164 Å². The van der Waals surface area contributed by atoms with E-state index in [0.717, 1.165) is 17.8 Å². The largest absolute Gasteiger partial charge is 0.481 e. The molecule has 140 valence electrons. The lowest BCUT2D eigenvalue weighted by molar-refractivity contribution is -0.136. The summed E-state index contributed by atoms with van der Waals surface area (Å²) < 4.78 is 2.29. The molecule has 4 heteroatoms. The Morgan fingerprint density at radius 2 is 1.57 bits per heavy atom. The van der Waals surface area contributed by atoms with Crippen LogP contribution in [0, 0.1) is 0 Å². The Morgan fingerprint density at radius 3 is 2.32 bits per heavy atom. The predicted octanol–water partition coefficient (Wildman–Crippen LogP) is 4.93. The summed E-state index contributed by atoms with van der Waals surface area (Å²) in [5.41, 5.74) is 5.52. The zero-order chi connectivity index (χ0) is 19.3. The summed E-state index contributed by atoms with van der Waals surface area (Å²) in [6, 6.07) is 26.5. The van der Waals surface area contributed by atoms with Crippen LogP contribution >= 0.6 is 0 Å². The minimum atomic E-state index is -0.813. The fourth-order valence-electron chi connectivity index (χ4n) is 3.49. The normalized spacial score (nSPS) is 10.9. The molecule has 0 radical (unpaired) electrons. The van der Waals surface area contributed by atoms with Crippen LogP contribution in [0.2, 0.25) is 0 Å². The lowest BCUT2D eigenvalue weighted by Gasteiger charge is -2.07. The van der Waals surface area contributed by atoms with E-state index < -0.39 is 5.97 Å². The van der Waals surface area contributed by atoms with Gasteiger partial charge in [0, 0.05) is 35.9 Å². The van der Waals surface area contributed by atoms with Gasteiger partial charge in [-0.1, -0.05) is 60.7 Å². The zero-order valence-corrected chi connectivity index (χ0v) is 15.5. The first kappa shape index (κ1) is 17.9. The van der Waals surface area contributed by atoms with Gasteiger partial charge in [-0.2, -0.15) is 0 Å². The van der Waals surface area contributed by atoms with Crippen LogP contribution in [-0.2, 0) is 24.3 Å². The van der Waals surface area contributed by atoms with Crippen LogP contribution in [0.5, 0.6) is 0 Å². The van der Waals surface area contributed by atoms with E-state index in [2.05, 4.69) is 64.6 Å². The van der Waals surface area contributed by atoms with Crippen molar-refractivity contribution in [2.75, 3.05) is 5.32 Å². The third-order valence-corrected chi connectivity index (χ3v) is 4.86. The number of benzene rings is 3. The molecule has 0 fully saturated rings. The van der Waals surface area contributed by atoms with Gasteiger partial charge in [0.25, 0.3) is 0 Å². The quantitative estimate of drug-likeness (QED) is 0.485. The maximum absolute atomic E-state index is 10.8. The van der Waals surface area contributed by atoms with Crippen molar-refractivity contribution in [3.8, 4) is 0 Å². The second-order valence-corrected chi connectivity index (χ2v) is 6.91. The van der Waals surface area contributed by atoms with Crippen molar-refractivity contribution >= 4 is 22.6 Å². The molecule has 1 aromatic heterocycles. The summed E-state index contributed by atoms with van der Waals surface area (Å²) >= 11 is 0. The summed E-state index contributed by atoms with van der Waals surface area (Å²) in [7, 11) is 0. The van der Waals surface area contributed by atoms with Gasteiger partial charge >= 0.3 is 5.97 Å². The first-order chi connectivity index (χ1) is 13.7. The number of nitrogens with zero attached hydrogens (tertiary/aromatic N) is 1. The number of carbonyl (C=O) groups is 1. The molecule has 4 rings (SSSR count). The smallest absolute Gasteiger partial charge is 0.307 e. The van der Waals surface area contributed by atoms with Gasteiger partial charge in [0.1, 0.15) is 0 Å². The number of aliphatic carboxylic acids is 1. The van der Waals surface area contributed by atoms with Gasteiger partial charge in [0.2, 0.25) is 0 Å². The van der Waals surface area contributed by atoms with Crippen LogP contribution < -0.4 is 5.32 Å². The molecule has 28 heavy (non-hydrogen) atoms. The minimum absolute atomic E-state index is 0.0489. The fraction of sp³-hybridized carbons (Fsp3) is 0.125. The van der Waals surface area contributed by atoms with Gasteiger partial charge in [-0.05, 0) is 34.9 Å². The SMILES string of the molecule is O=C(O)Cc1ccc(NCc2cn(Cc3ccccc3)c3ccccc23)cc1. The average molecular weight is 370 g/mol. The molecule has 0 unspecified atom stereocenters. The topological polar surface area (TPSA) is 54.3 Å². The monoisotopic (exact) mass is 370 g/mol. The molecule has 4 aromatic rings. The number of aromatic nitrogens is 1. The van der Waals surface area contributed by atoms with Crippen molar-refractivity contribution in [3.63, 3.8) is 0 Å². The van der Waals surface area contributed by atoms with Crippen molar-refractivity contribution in [3.05, 3.63) is 102 Å². The van der Waals surface area contributed by atoms with Gasteiger partial charge in [-0.3, -0.25) is 4.79 Å². The number of rotatable bonds is 7. The van der Waals surface area contributed by atoms with Gasteiger partial charge in [0.15, 0.2) is 0 Å². The van der Waals surface area contributed by atoms with E-state index in [-0.39, 0.29) is 6.42 Å². The van der Waals surface area contributed by atoms with E-state index in [1.807, 2.05) is 30.3 Å². The van der Waals surface area contributed by atoms with Crippen LogP contribution in [0.4, 0.5) is 5.69 Å². The molecule has 2 N–H and O–H groups in total. The molecule has 0 saturated carbocycles. The highest BCUT2D eigenvalue weighted by Gasteiger charge is 2.09. The van der Waals surface area contributed by atoms with Crippen LogP contribution in [-0.4, -0.2) is 15.6 Å². The molecule has 0 atom stereocenters. The average Bonchev–Trinajstić information content (AvgIpc) is 3.06. The lowest BCUT2D eigenvalue weighted by atomic mass is 10.1. The van der Waals surface area contributed by atoms with Crippen molar-refractivity contribution in [1.29, 1.82) is 0 Å². The number of hydrogen-bond donors (Lipinski definition) is 2. The second-order valence-electron chi connectivity index (χ2n) is 6.91. The first-order valence-electron chi connectivity index (χ1n) is 9.34. The van der Waals surface area contributed by atoms with Crippen LogP contribution in [0.1, 0.15) is 16.7 Å². The molecule has 0 bridgehead atoms. The summed E-state index contributed by atoms with van der Waals surface area (Å²) in [5.74, 6) is -0.813. The minimum Gasteiger partial charge on any atom is -0.481 e. The maximum atomic E-state index is 10.8. The molecule has 0 aliphatic rings. The third-order valence-electron chi connectivity index (χ3n) is 4.86. The summed E-state index contributed by atoms with van der Waals surface area (Å²) in [6.07, 6.45) is 2.26. The van der Waals surface area contributed by atoms with Crippen LogP contribution in [0.25, 0.3) is 10.9 Å². The predicted molar refractivity (Wildman–Crippen MR) is 113 cm³/mol. The lowest BCUT2D eigenvalue weighted by Crippen LogP contribution is -2.02. The van der Waals surface area contributed by atoms with E-state index in [1.165, 1.54) is 22.0 Å². The molecular weight excluding hydrogens is 348 g/mol. The highest BCUT2D eigenvalue weighted by molar-refractivity contribution is 5.84. The number of hydrogen-bond acceptors (Lipinski definition) is 2. The molecule has 0 aliphatic heterocycles. The van der Waals surface area contributed by atoms with Crippen LogP contribution in [0.15, 0.2) is 85.1 Å². The zero-order valence-electron chi connectivity index (χ0n) is 15.5. The van der Waals surface area contributed by atoms with Crippen molar-refractivity contribution in [2.24, 2.45) is 0 Å². The molecule has 1 heterocycles. The molecule has 0 saturated heterocycles. The number of para-hydroxylation sites is 1.